The molecule has 3 bridgehead atoms. The van der Waals surface area contributed by atoms with Crippen LogP contribution in [0.5, 0.6) is 0 Å². The molecule has 4 fully saturated rings. The molecule has 6 nitrogen and oxygen atoms in total. The number of carbonyl (C=O) groups excluding carboxylic acids is 2. The number of hydrogen-bond donors (Lipinski definition) is 0. The van der Waals surface area contributed by atoms with Crippen molar-refractivity contribution in [2.24, 2.45) is 28.6 Å². The molecule has 146 valence electrons. The van der Waals surface area contributed by atoms with Crippen LogP contribution in [0.1, 0.15) is 38.5 Å². The lowest BCUT2D eigenvalue weighted by Crippen LogP contribution is -2.57. The molecule has 4 saturated carbocycles. The van der Waals surface area contributed by atoms with Gasteiger partial charge in [-0.25, -0.2) is 9.68 Å². The first kappa shape index (κ1) is 18.4. The minimum absolute atomic E-state index is 0.121. The van der Waals surface area contributed by atoms with E-state index in [1.807, 2.05) is 0 Å². The standard InChI is InChI=1S/C17H22F2O6S/c1-22-25-26-17(18,19)14(21)24-3-2-23-13(20)16-8-11-4-10-5-12(9-16)15(16,6-10)7-11/h10-12H,2-9H2,1H3. The second-order valence-corrected chi connectivity index (χ2v) is 8.88. The van der Waals surface area contributed by atoms with E-state index in [9.17, 15) is 18.4 Å². The predicted octanol–water partition coefficient (Wildman–Crippen LogP) is 3.11. The number of halogens is 2. The normalized spacial score (nSPS) is 39.4. The lowest BCUT2D eigenvalue weighted by Gasteiger charge is -2.56. The van der Waals surface area contributed by atoms with Gasteiger partial charge < -0.3 is 9.47 Å². The Hall–Kier alpha value is -0.930. The van der Waals surface area contributed by atoms with Crippen molar-refractivity contribution in [3.8, 4) is 0 Å². The van der Waals surface area contributed by atoms with Gasteiger partial charge in [0.15, 0.2) is 0 Å². The lowest BCUT2D eigenvalue weighted by molar-refractivity contribution is -0.189. The van der Waals surface area contributed by atoms with Crippen molar-refractivity contribution in [2.75, 3.05) is 20.3 Å². The van der Waals surface area contributed by atoms with Crippen molar-refractivity contribution in [1.82, 2.24) is 0 Å². The summed E-state index contributed by atoms with van der Waals surface area (Å²) in [6, 6.07) is 0. The van der Waals surface area contributed by atoms with E-state index in [-0.39, 0.29) is 23.4 Å². The summed E-state index contributed by atoms with van der Waals surface area (Å²) in [5.41, 5.74) is -0.265. The number of esters is 2. The summed E-state index contributed by atoms with van der Waals surface area (Å²) in [5, 5.41) is -3.89. The second-order valence-electron chi connectivity index (χ2n) is 8.06. The molecule has 4 rings (SSSR count). The Balaban J connectivity index is 1.26. The molecule has 0 N–H and O–H groups in total. The largest absolute Gasteiger partial charge is 0.462 e. The van der Waals surface area contributed by atoms with Crippen LogP contribution in [-0.2, 0) is 28.3 Å². The van der Waals surface area contributed by atoms with Gasteiger partial charge in [0, 0.05) is 0 Å². The number of ether oxygens (including phenoxy) is 2. The van der Waals surface area contributed by atoms with Crippen molar-refractivity contribution >= 4 is 24.0 Å². The monoisotopic (exact) mass is 392 g/mol. The van der Waals surface area contributed by atoms with E-state index in [2.05, 4.69) is 14.0 Å². The van der Waals surface area contributed by atoms with Crippen LogP contribution in [0.15, 0.2) is 0 Å². The van der Waals surface area contributed by atoms with Crippen LogP contribution in [0, 0.1) is 28.6 Å². The maximum absolute atomic E-state index is 13.3. The third kappa shape index (κ3) is 2.57. The van der Waals surface area contributed by atoms with E-state index >= 15 is 0 Å². The molecule has 0 heterocycles. The first-order valence-electron chi connectivity index (χ1n) is 8.94. The quantitative estimate of drug-likeness (QED) is 0.207. The molecule has 4 aliphatic carbocycles. The zero-order valence-corrected chi connectivity index (χ0v) is 15.3. The fourth-order valence-electron chi connectivity index (χ4n) is 6.35. The Bertz CT molecular complexity index is 610. The number of alkyl halides is 2. The minimum atomic E-state index is -3.89. The van der Waals surface area contributed by atoms with E-state index in [1.54, 1.807) is 0 Å². The molecule has 0 aromatic carbocycles. The summed E-state index contributed by atoms with van der Waals surface area (Å²) in [7, 11) is 1.04. The van der Waals surface area contributed by atoms with E-state index in [1.165, 1.54) is 12.8 Å². The van der Waals surface area contributed by atoms with Crippen molar-refractivity contribution in [3.05, 3.63) is 0 Å². The highest BCUT2D eigenvalue weighted by Gasteiger charge is 2.77. The van der Waals surface area contributed by atoms with Crippen LogP contribution >= 0.6 is 12.0 Å². The molecule has 0 saturated heterocycles. The molecule has 26 heavy (non-hydrogen) atoms. The smallest absolute Gasteiger partial charge is 0.415 e. The fourth-order valence-corrected chi connectivity index (χ4v) is 6.63. The molecule has 0 aliphatic heterocycles. The van der Waals surface area contributed by atoms with E-state index in [0.29, 0.717) is 11.8 Å². The van der Waals surface area contributed by atoms with Gasteiger partial charge in [0.2, 0.25) is 0 Å². The van der Waals surface area contributed by atoms with Gasteiger partial charge in [-0.1, -0.05) is 0 Å². The van der Waals surface area contributed by atoms with Crippen molar-refractivity contribution in [1.29, 1.82) is 0 Å². The average molecular weight is 392 g/mol. The van der Waals surface area contributed by atoms with E-state index < -0.39 is 29.9 Å². The van der Waals surface area contributed by atoms with Gasteiger partial charge in [0.1, 0.15) is 25.3 Å². The highest BCUT2D eigenvalue weighted by atomic mass is 32.2. The maximum atomic E-state index is 13.3. The van der Waals surface area contributed by atoms with Crippen molar-refractivity contribution < 1.29 is 37.1 Å². The van der Waals surface area contributed by atoms with Gasteiger partial charge in [0.05, 0.1) is 12.5 Å². The first-order valence-corrected chi connectivity index (χ1v) is 9.68. The SMILES string of the molecule is COOSC(F)(F)C(=O)OCCOC(=O)C12CC3CC4CC(C1)C2(C4)C3. The molecule has 0 radical (unpaired) electrons. The van der Waals surface area contributed by atoms with Crippen LogP contribution in [0.3, 0.4) is 0 Å². The molecular formula is C17H22F2O6S. The third-order valence-corrected chi connectivity index (χ3v) is 7.52. The molecule has 0 aromatic heterocycles. The van der Waals surface area contributed by atoms with Crippen molar-refractivity contribution in [3.63, 3.8) is 0 Å². The Morgan fingerprint density at radius 2 is 1.81 bits per heavy atom. The predicted molar refractivity (Wildman–Crippen MR) is 85.6 cm³/mol. The fraction of sp³-hybridized carbons (Fsp3) is 0.882. The van der Waals surface area contributed by atoms with Crippen LogP contribution in [-0.4, -0.2) is 37.5 Å². The summed E-state index contributed by atoms with van der Waals surface area (Å²) in [5.74, 6) is 0.0149. The first-order chi connectivity index (χ1) is 12.3. The van der Waals surface area contributed by atoms with Gasteiger partial charge >= 0.3 is 17.2 Å². The highest BCUT2D eigenvalue weighted by molar-refractivity contribution is 7.96. The van der Waals surface area contributed by atoms with Crippen LogP contribution in [0.2, 0.25) is 0 Å². The van der Waals surface area contributed by atoms with Crippen LogP contribution in [0.4, 0.5) is 8.78 Å². The Morgan fingerprint density at radius 3 is 2.58 bits per heavy atom. The summed E-state index contributed by atoms with van der Waals surface area (Å²) >= 11 is -0.443. The van der Waals surface area contributed by atoms with Gasteiger partial charge in [-0.05, 0) is 61.7 Å². The topological polar surface area (TPSA) is 71.1 Å². The van der Waals surface area contributed by atoms with Crippen LogP contribution < -0.4 is 0 Å². The van der Waals surface area contributed by atoms with Gasteiger partial charge in [-0.2, -0.15) is 13.1 Å². The van der Waals surface area contributed by atoms with E-state index in [0.717, 1.165) is 38.7 Å². The number of carbonyl (C=O) groups is 2. The molecule has 0 aromatic rings. The Morgan fingerprint density at radius 1 is 1.08 bits per heavy atom. The Kier molecular flexibility index (Phi) is 4.47. The summed E-state index contributed by atoms with van der Waals surface area (Å²) in [4.78, 5) is 28.1. The zero-order chi connectivity index (χ0) is 18.6. The summed E-state index contributed by atoms with van der Waals surface area (Å²) in [6.07, 6.45) is 6.49. The third-order valence-electron chi connectivity index (χ3n) is 6.94. The molecule has 0 amide bonds. The van der Waals surface area contributed by atoms with Gasteiger partial charge in [0.25, 0.3) is 0 Å². The van der Waals surface area contributed by atoms with Crippen LogP contribution in [0.25, 0.3) is 0 Å². The zero-order valence-electron chi connectivity index (χ0n) is 14.5. The lowest BCUT2D eigenvalue weighted by atomic mass is 9.46. The van der Waals surface area contributed by atoms with Crippen molar-refractivity contribution in [2.45, 2.75) is 43.8 Å². The minimum Gasteiger partial charge on any atom is -0.462 e. The summed E-state index contributed by atoms with van der Waals surface area (Å²) < 4.78 is 40.5. The Labute approximate surface area is 154 Å². The molecule has 4 aliphatic rings. The van der Waals surface area contributed by atoms with Gasteiger partial charge in [-0.15, -0.1) is 0 Å². The molecule has 1 spiro atoms. The summed E-state index contributed by atoms with van der Waals surface area (Å²) in [6.45, 7) is -0.626. The molecule has 5 unspecified atom stereocenters. The molecule has 5 atom stereocenters. The number of rotatable bonds is 8. The average Bonchev–Trinajstić information content (AvgIpc) is 2.91. The van der Waals surface area contributed by atoms with E-state index in [4.69, 9.17) is 4.74 Å². The molecule has 9 heteroatoms. The number of fused-ring (bicyclic) bond motifs is 2. The number of hydrogen-bond acceptors (Lipinski definition) is 7. The second kappa shape index (κ2) is 6.31. The molecular weight excluding hydrogens is 370 g/mol. The maximum Gasteiger partial charge on any atom is 0.415 e. The van der Waals surface area contributed by atoms with Gasteiger partial charge in [-0.3, -0.25) is 4.79 Å². The highest BCUT2D eigenvalue weighted by Crippen LogP contribution is 2.81.